The van der Waals surface area contributed by atoms with Gasteiger partial charge in [-0.1, -0.05) is 19.3 Å². The SMILES string of the molecule is O=C(c1cnccn1)N1CCCC[C@H]1c1nc2c(c(=O)[nH]1)CN(CC1CCCCC1)CC2. The summed E-state index contributed by atoms with van der Waals surface area (Å²) in [6.45, 7) is 3.35. The maximum atomic E-state index is 13.1. The highest BCUT2D eigenvalue weighted by Gasteiger charge is 2.33. The molecule has 1 aliphatic carbocycles. The minimum atomic E-state index is -0.225. The van der Waals surface area contributed by atoms with Crippen molar-refractivity contribution in [3.63, 3.8) is 0 Å². The second-order valence-electron chi connectivity index (χ2n) is 9.47. The van der Waals surface area contributed by atoms with Crippen LogP contribution in [0.1, 0.15) is 85.0 Å². The highest BCUT2D eigenvalue weighted by Crippen LogP contribution is 2.31. The monoisotopic (exact) mass is 436 g/mol. The van der Waals surface area contributed by atoms with Crippen LogP contribution in [0.3, 0.4) is 0 Å². The Morgan fingerprint density at radius 1 is 1.06 bits per heavy atom. The third-order valence-corrected chi connectivity index (χ3v) is 7.27. The predicted octanol–water partition coefficient (Wildman–Crippen LogP) is 2.87. The van der Waals surface area contributed by atoms with Crippen molar-refractivity contribution in [2.24, 2.45) is 5.92 Å². The Hall–Kier alpha value is -2.61. The molecule has 2 aromatic heterocycles. The first-order valence-electron chi connectivity index (χ1n) is 12.1. The number of nitrogens with zero attached hydrogens (tertiary/aromatic N) is 5. The molecule has 3 aliphatic rings. The van der Waals surface area contributed by atoms with Crippen LogP contribution in [0.2, 0.25) is 0 Å². The van der Waals surface area contributed by atoms with Gasteiger partial charge in [-0.25, -0.2) is 9.97 Å². The Kier molecular flexibility index (Phi) is 6.30. The second kappa shape index (κ2) is 9.48. The fourth-order valence-electron chi connectivity index (χ4n) is 5.56. The molecule has 32 heavy (non-hydrogen) atoms. The van der Waals surface area contributed by atoms with Crippen LogP contribution in [0.25, 0.3) is 0 Å². The molecule has 1 saturated carbocycles. The number of nitrogens with one attached hydrogen (secondary N) is 1. The van der Waals surface area contributed by atoms with Crippen LogP contribution < -0.4 is 5.56 Å². The summed E-state index contributed by atoms with van der Waals surface area (Å²) in [5.41, 5.74) is 1.99. The Bertz CT molecular complexity index is 1000. The van der Waals surface area contributed by atoms with Gasteiger partial charge in [0.1, 0.15) is 11.5 Å². The Morgan fingerprint density at radius 3 is 2.72 bits per heavy atom. The third-order valence-electron chi connectivity index (χ3n) is 7.27. The molecule has 5 rings (SSSR count). The zero-order valence-electron chi connectivity index (χ0n) is 18.6. The summed E-state index contributed by atoms with van der Waals surface area (Å²) >= 11 is 0. The lowest BCUT2D eigenvalue weighted by Crippen LogP contribution is -2.42. The number of amides is 1. The number of likely N-dealkylation sites (tertiary alicyclic amines) is 1. The van der Waals surface area contributed by atoms with Gasteiger partial charge >= 0.3 is 0 Å². The molecule has 1 amide bonds. The maximum absolute atomic E-state index is 13.1. The molecular weight excluding hydrogens is 404 g/mol. The summed E-state index contributed by atoms with van der Waals surface area (Å²) in [5, 5.41) is 0. The smallest absolute Gasteiger partial charge is 0.274 e. The number of hydrogen-bond donors (Lipinski definition) is 1. The van der Waals surface area contributed by atoms with E-state index in [-0.39, 0.29) is 17.5 Å². The van der Waals surface area contributed by atoms with Crippen LogP contribution in [0.4, 0.5) is 0 Å². The molecule has 8 nitrogen and oxygen atoms in total. The number of rotatable bonds is 4. The van der Waals surface area contributed by atoms with Gasteiger partial charge in [0.2, 0.25) is 0 Å². The number of aromatic amines is 1. The molecule has 8 heteroatoms. The van der Waals surface area contributed by atoms with E-state index in [0.29, 0.717) is 24.6 Å². The fourth-order valence-corrected chi connectivity index (χ4v) is 5.56. The number of fused-ring (bicyclic) bond motifs is 1. The van der Waals surface area contributed by atoms with E-state index >= 15 is 0 Å². The first-order chi connectivity index (χ1) is 15.7. The van der Waals surface area contributed by atoms with Crippen molar-refractivity contribution >= 4 is 5.91 Å². The molecule has 170 valence electrons. The number of carbonyl (C=O) groups excluding carboxylic acids is 1. The van der Waals surface area contributed by atoms with Gasteiger partial charge in [0.25, 0.3) is 11.5 Å². The average Bonchev–Trinajstić information content (AvgIpc) is 2.85. The van der Waals surface area contributed by atoms with Gasteiger partial charge in [-0.3, -0.25) is 19.5 Å². The lowest BCUT2D eigenvalue weighted by molar-refractivity contribution is 0.0592. The van der Waals surface area contributed by atoms with Crippen LogP contribution >= 0.6 is 0 Å². The summed E-state index contributed by atoms with van der Waals surface area (Å²) in [6, 6.07) is -0.225. The summed E-state index contributed by atoms with van der Waals surface area (Å²) in [4.78, 5) is 46.5. The molecule has 1 N–H and O–H groups in total. The largest absolute Gasteiger partial charge is 0.327 e. The van der Waals surface area contributed by atoms with E-state index in [4.69, 9.17) is 4.98 Å². The van der Waals surface area contributed by atoms with E-state index in [9.17, 15) is 9.59 Å². The normalized spacial score (nSPS) is 22.5. The number of piperidine rings is 1. The molecule has 0 spiro atoms. The summed E-state index contributed by atoms with van der Waals surface area (Å²) in [7, 11) is 0. The van der Waals surface area contributed by atoms with Crippen LogP contribution in [0, 0.1) is 5.92 Å². The van der Waals surface area contributed by atoms with Gasteiger partial charge in [-0.2, -0.15) is 0 Å². The Morgan fingerprint density at radius 2 is 1.91 bits per heavy atom. The highest BCUT2D eigenvalue weighted by molar-refractivity contribution is 5.92. The number of H-pyrrole nitrogens is 1. The molecule has 2 fully saturated rings. The van der Waals surface area contributed by atoms with Crippen molar-refractivity contribution in [2.75, 3.05) is 19.6 Å². The summed E-state index contributed by atoms with van der Waals surface area (Å²) < 4.78 is 0. The zero-order chi connectivity index (χ0) is 21.9. The fraction of sp³-hybridized carbons (Fsp3) is 0.625. The van der Waals surface area contributed by atoms with Crippen LogP contribution in [-0.4, -0.2) is 55.3 Å². The number of carbonyl (C=O) groups is 1. The molecule has 2 aromatic rings. The first kappa shape index (κ1) is 21.2. The van der Waals surface area contributed by atoms with E-state index in [1.807, 2.05) is 0 Å². The molecule has 0 aromatic carbocycles. The van der Waals surface area contributed by atoms with Crippen LogP contribution in [0.5, 0.6) is 0 Å². The third kappa shape index (κ3) is 4.46. The Balaban J connectivity index is 1.35. The van der Waals surface area contributed by atoms with Gasteiger partial charge in [-0.15, -0.1) is 0 Å². The lowest BCUT2D eigenvalue weighted by Gasteiger charge is -2.36. The maximum Gasteiger partial charge on any atom is 0.274 e. The first-order valence-corrected chi connectivity index (χ1v) is 12.1. The van der Waals surface area contributed by atoms with Crippen LogP contribution in [0.15, 0.2) is 23.4 Å². The van der Waals surface area contributed by atoms with Gasteiger partial charge in [-0.05, 0) is 38.0 Å². The molecule has 1 saturated heterocycles. The van der Waals surface area contributed by atoms with E-state index in [1.54, 1.807) is 11.1 Å². The molecule has 0 radical (unpaired) electrons. The molecule has 1 atom stereocenters. The van der Waals surface area contributed by atoms with E-state index < -0.39 is 0 Å². The minimum Gasteiger partial charge on any atom is -0.327 e. The molecule has 2 aliphatic heterocycles. The second-order valence-corrected chi connectivity index (χ2v) is 9.47. The topological polar surface area (TPSA) is 95.1 Å². The standard InChI is InChI=1S/C24H32N6O2/c31-23-18-16-29(15-17-6-2-1-3-7-17)13-9-19(18)27-22(28-23)21-8-4-5-12-30(21)24(32)20-14-25-10-11-26-20/h10-11,14,17,21H,1-9,12-13,15-16H2,(H,27,28,31)/t21-/m0/s1. The quantitative estimate of drug-likeness (QED) is 0.792. The number of aromatic nitrogens is 4. The van der Waals surface area contributed by atoms with E-state index in [2.05, 4.69) is 19.9 Å². The molecular formula is C24H32N6O2. The average molecular weight is 437 g/mol. The van der Waals surface area contributed by atoms with Crippen molar-refractivity contribution in [2.45, 2.75) is 70.4 Å². The van der Waals surface area contributed by atoms with Crippen molar-refractivity contribution in [3.8, 4) is 0 Å². The van der Waals surface area contributed by atoms with Crippen molar-refractivity contribution in [3.05, 3.63) is 51.7 Å². The predicted molar refractivity (Wildman–Crippen MR) is 120 cm³/mol. The van der Waals surface area contributed by atoms with Crippen molar-refractivity contribution in [1.29, 1.82) is 0 Å². The minimum absolute atomic E-state index is 0.0455. The van der Waals surface area contributed by atoms with E-state index in [0.717, 1.165) is 55.9 Å². The highest BCUT2D eigenvalue weighted by atomic mass is 16.2. The molecule has 4 heterocycles. The van der Waals surface area contributed by atoms with Gasteiger partial charge < -0.3 is 9.88 Å². The van der Waals surface area contributed by atoms with Gasteiger partial charge in [0.05, 0.1) is 23.5 Å². The number of hydrogen-bond acceptors (Lipinski definition) is 6. The van der Waals surface area contributed by atoms with E-state index in [1.165, 1.54) is 44.5 Å². The Labute approximate surface area is 188 Å². The summed E-state index contributed by atoms with van der Waals surface area (Å²) in [6.07, 6.45) is 14.8. The molecule has 0 bridgehead atoms. The molecule has 0 unspecified atom stereocenters. The van der Waals surface area contributed by atoms with Gasteiger partial charge in [0.15, 0.2) is 0 Å². The summed E-state index contributed by atoms with van der Waals surface area (Å²) in [5.74, 6) is 1.23. The zero-order valence-corrected chi connectivity index (χ0v) is 18.6. The lowest BCUT2D eigenvalue weighted by atomic mass is 9.88. The van der Waals surface area contributed by atoms with Crippen molar-refractivity contribution in [1.82, 2.24) is 29.7 Å². The van der Waals surface area contributed by atoms with Gasteiger partial charge in [0, 0.05) is 45.0 Å². The van der Waals surface area contributed by atoms with Crippen LogP contribution in [-0.2, 0) is 13.0 Å². The van der Waals surface area contributed by atoms with Crippen molar-refractivity contribution < 1.29 is 4.79 Å².